The van der Waals surface area contributed by atoms with Gasteiger partial charge in [0.05, 0.1) is 4.90 Å². The predicted molar refractivity (Wildman–Crippen MR) is 127 cm³/mol. The van der Waals surface area contributed by atoms with Crippen molar-refractivity contribution in [2.75, 3.05) is 6.61 Å². The molecule has 0 aromatic heterocycles. The highest BCUT2D eigenvalue weighted by Gasteiger charge is 2.27. The normalized spacial score (nSPS) is 15.4. The number of carboxylic acids is 1. The van der Waals surface area contributed by atoms with E-state index in [-0.39, 0.29) is 10.7 Å². The van der Waals surface area contributed by atoms with Crippen molar-refractivity contribution in [1.29, 1.82) is 0 Å². The molecule has 1 aliphatic carbocycles. The quantitative estimate of drug-likeness (QED) is 0.464. The second kappa shape index (κ2) is 9.79. The van der Waals surface area contributed by atoms with E-state index in [9.17, 15) is 18.0 Å². The first kappa shape index (κ1) is 23.7. The molecule has 34 heavy (non-hydrogen) atoms. The molecule has 3 aromatic rings. The predicted octanol–water partition coefficient (Wildman–Crippen LogP) is 4.38. The van der Waals surface area contributed by atoms with E-state index < -0.39 is 28.6 Å². The number of sulfonamides is 1. The SMILES string of the molecule is CC(=O)c1cccc(-c2ccc(S(=O)(=O)N[C@@H]3CCCc4c(OCC(=O)O)cccc43)cc2)c1. The van der Waals surface area contributed by atoms with Crippen molar-refractivity contribution in [2.24, 2.45) is 0 Å². The molecule has 0 saturated carbocycles. The van der Waals surface area contributed by atoms with Crippen LogP contribution in [0.2, 0.25) is 0 Å². The standard InChI is InChI=1S/C26H25NO6S/c1-17(28)19-5-2-6-20(15-19)18-11-13-21(14-12-18)34(31,32)27-24-9-3-8-23-22(24)7-4-10-25(23)33-16-26(29)30/h2,4-7,10-15,24,27H,3,8-9,16H2,1H3,(H,29,30)/t24-/m1/s1. The van der Waals surface area contributed by atoms with Crippen LogP contribution in [0.3, 0.4) is 0 Å². The van der Waals surface area contributed by atoms with Gasteiger partial charge in [-0.15, -0.1) is 0 Å². The average Bonchev–Trinajstić information content (AvgIpc) is 2.83. The molecule has 1 atom stereocenters. The number of hydrogen-bond acceptors (Lipinski definition) is 5. The maximum absolute atomic E-state index is 13.1. The van der Waals surface area contributed by atoms with Crippen molar-refractivity contribution < 1.29 is 27.9 Å². The molecule has 176 valence electrons. The van der Waals surface area contributed by atoms with Crippen molar-refractivity contribution in [1.82, 2.24) is 4.72 Å². The van der Waals surface area contributed by atoms with Crippen molar-refractivity contribution >= 4 is 21.8 Å². The first-order valence-electron chi connectivity index (χ1n) is 10.9. The van der Waals surface area contributed by atoms with Crippen LogP contribution in [0.4, 0.5) is 0 Å². The van der Waals surface area contributed by atoms with E-state index in [1.807, 2.05) is 12.1 Å². The van der Waals surface area contributed by atoms with E-state index >= 15 is 0 Å². The van der Waals surface area contributed by atoms with Crippen LogP contribution in [0.5, 0.6) is 5.75 Å². The molecule has 3 aromatic carbocycles. The maximum atomic E-state index is 13.1. The fourth-order valence-electron chi connectivity index (χ4n) is 4.21. The maximum Gasteiger partial charge on any atom is 0.341 e. The minimum Gasteiger partial charge on any atom is -0.482 e. The molecule has 7 nitrogen and oxygen atoms in total. The summed E-state index contributed by atoms with van der Waals surface area (Å²) in [6, 6.07) is 18.6. The van der Waals surface area contributed by atoms with Gasteiger partial charge in [-0.3, -0.25) is 4.79 Å². The fourth-order valence-corrected chi connectivity index (χ4v) is 5.46. The third-order valence-electron chi connectivity index (χ3n) is 5.88. The number of carbonyl (C=O) groups excluding carboxylic acids is 1. The molecule has 0 amide bonds. The molecule has 1 aliphatic rings. The van der Waals surface area contributed by atoms with E-state index in [0.717, 1.165) is 28.7 Å². The van der Waals surface area contributed by atoms with E-state index in [0.29, 0.717) is 24.2 Å². The molecule has 0 spiro atoms. The number of hydrogen-bond donors (Lipinski definition) is 2. The van der Waals surface area contributed by atoms with Gasteiger partial charge >= 0.3 is 5.97 Å². The summed E-state index contributed by atoms with van der Waals surface area (Å²) in [5, 5.41) is 8.91. The third-order valence-corrected chi connectivity index (χ3v) is 7.37. The van der Waals surface area contributed by atoms with Crippen LogP contribution in [0.15, 0.2) is 71.6 Å². The van der Waals surface area contributed by atoms with Gasteiger partial charge in [0.25, 0.3) is 0 Å². The van der Waals surface area contributed by atoms with E-state index in [4.69, 9.17) is 9.84 Å². The van der Waals surface area contributed by atoms with Crippen LogP contribution in [-0.4, -0.2) is 31.9 Å². The lowest BCUT2D eigenvalue weighted by Gasteiger charge is -2.27. The second-order valence-corrected chi connectivity index (χ2v) is 9.95. The Morgan fingerprint density at radius 1 is 1.03 bits per heavy atom. The summed E-state index contributed by atoms with van der Waals surface area (Å²) in [7, 11) is -3.80. The minimum absolute atomic E-state index is 0.0328. The molecular formula is C26H25NO6S. The molecule has 8 heteroatoms. The molecule has 0 unspecified atom stereocenters. The number of nitrogens with one attached hydrogen (secondary N) is 1. The summed E-state index contributed by atoms with van der Waals surface area (Å²) in [6.45, 7) is 1.06. The largest absolute Gasteiger partial charge is 0.482 e. The number of ether oxygens (including phenoxy) is 1. The Hall–Kier alpha value is -3.49. The van der Waals surface area contributed by atoms with Crippen LogP contribution >= 0.6 is 0 Å². The number of aliphatic carboxylic acids is 1. The van der Waals surface area contributed by atoms with Crippen molar-refractivity contribution in [3.05, 3.63) is 83.4 Å². The van der Waals surface area contributed by atoms with Gasteiger partial charge in [0.2, 0.25) is 10.0 Å². The summed E-state index contributed by atoms with van der Waals surface area (Å²) in [5.74, 6) is -0.627. The Balaban J connectivity index is 1.55. The molecule has 0 aliphatic heterocycles. The second-order valence-electron chi connectivity index (χ2n) is 8.23. The van der Waals surface area contributed by atoms with E-state index in [1.54, 1.807) is 54.6 Å². The molecule has 0 saturated heterocycles. The van der Waals surface area contributed by atoms with Gasteiger partial charge < -0.3 is 9.84 Å². The molecule has 0 radical (unpaired) electrons. The summed E-state index contributed by atoms with van der Waals surface area (Å²) in [5.41, 5.74) is 3.88. The lowest BCUT2D eigenvalue weighted by atomic mass is 9.87. The van der Waals surface area contributed by atoms with Crippen LogP contribution in [0.25, 0.3) is 11.1 Å². The highest BCUT2D eigenvalue weighted by molar-refractivity contribution is 7.89. The zero-order valence-electron chi connectivity index (χ0n) is 18.7. The topological polar surface area (TPSA) is 110 Å². The first-order valence-corrected chi connectivity index (χ1v) is 12.4. The molecule has 0 bridgehead atoms. The van der Waals surface area contributed by atoms with Gasteiger partial charge in [0.15, 0.2) is 12.4 Å². The van der Waals surface area contributed by atoms with Crippen LogP contribution in [0, 0.1) is 0 Å². The number of benzene rings is 3. The van der Waals surface area contributed by atoms with Crippen molar-refractivity contribution in [2.45, 2.75) is 37.1 Å². The number of fused-ring (bicyclic) bond motifs is 1. The van der Waals surface area contributed by atoms with E-state index in [2.05, 4.69) is 4.72 Å². The monoisotopic (exact) mass is 479 g/mol. The van der Waals surface area contributed by atoms with Crippen LogP contribution in [-0.2, 0) is 21.2 Å². The van der Waals surface area contributed by atoms with Gasteiger partial charge in [0, 0.05) is 11.6 Å². The fraction of sp³-hybridized carbons (Fsp3) is 0.231. The van der Waals surface area contributed by atoms with Gasteiger partial charge in [-0.2, -0.15) is 0 Å². The van der Waals surface area contributed by atoms with Crippen LogP contribution in [0.1, 0.15) is 47.3 Å². The minimum atomic E-state index is -3.80. The van der Waals surface area contributed by atoms with Gasteiger partial charge in [-0.05, 0) is 72.7 Å². The van der Waals surface area contributed by atoms with Crippen molar-refractivity contribution in [3.63, 3.8) is 0 Å². The molecule has 0 fully saturated rings. The van der Waals surface area contributed by atoms with Gasteiger partial charge in [-0.25, -0.2) is 17.9 Å². The lowest BCUT2D eigenvalue weighted by molar-refractivity contribution is -0.139. The summed E-state index contributed by atoms with van der Waals surface area (Å²) in [4.78, 5) is 22.7. The average molecular weight is 480 g/mol. The Labute approximate surface area is 198 Å². The highest BCUT2D eigenvalue weighted by atomic mass is 32.2. The lowest BCUT2D eigenvalue weighted by Crippen LogP contribution is -2.31. The molecule has 2 N–H and O–H groups in total. The number of carboxylic acid groups (broad SMARTS) is 1. The Morgan fingerprint density at radius 3 is 2.47 bits per heavy atom. The molecule has 4 rings (SSSR count). The zero-order valence-corrected chi connectivity index (χ0v) is 19.5. The number of ketones is 1. The van der Waals surface area contributed by atoms with Crippen LogP contribution < -0.4 is 9.46 Å². The van der Waals surface area contributed by atoms with Gasteiger partial charge in [0.1, 0.15) is 5.75 Å². The van der Waals surface area contributed by atoms with E-state index in [1.165, 1.54) is 6.92 Å². The summed E-state index contributed by atoms with van der Waals surface area (Å²) in [6.07, 6.45) is 2.07. The first-order chi connectivity index (χ1) is 16.2. The Bertz CT molecular complexity index is 1330. The number of carbonyl (C=O) groups is 2. The zero-order chi connectivity index (χ0) is 24.3. The smallest absolute Gasteiger partial charge is 0.341 e. The summed E-state index contributed by atoms with van der Waals surface area (Å²) < 4.78 is 34.5. The Kier molecular flexibility index (Phi) is 6.81. The number of rotatable bonds is 8. The number of Topliss-reactive ketones (excluding diaryl/α,β-unsaturated/α-hetero) is 1. The Morgan fingerprint density at radius 2 is 1.76 bits per heavy atom. The highest BCUT2D eigenvalue weighted by Crippen LogP contribution is 2.36. The summed E-state index contributed by atoms with van der Waals surface area (Å²) >= 11 is 0. The van der Waals surface area contributed by atoms with Crippen molar-refractivity contribution in [3.8, 4) is 16.9 Å². The third kappa shape index (κ3) is 5.18. The van der Waals surface area contributed by atoms with Gasteiger partial charge in [-0.1, -0.05) is 42.5 Å². The molecular weight excluding hydrogens is 454 g/mol. The molecule has 0 heterocycles.